The van der Waals surface area contributed by atoms with Crippen LogP contribution in [0.3, 0.4) is 0 Å². The lowest BCUT2D eigenvalue weighted by Gasteiger charge is -2.27. The maximum absolute atomic E-state index is 11.9. The molecule has 2 unspecified atom stereocenters. The predicted molar refractivity (Wildman–Crippen MR) is 65.2 cm³/mol. The van der Waals surface area contributed by atoms with Crippen molar-refractivity contribution in [3.63, 3.8) is 0 Å². The molecule has 0 bridgehead atoms. The maximum atomic E-state index is 11.9. The topological polar surface area (TPSA) is 32.3 Å². The lowest BCUT2D eigenvalue weighted by molar-refractivity contribution is -0.128. The summed E-state index contributed by atoms with van der Waals surface area (Å²) in [4.78, 5) is 14.0. The van der Waals surface area contributed by atoms with Crippen LogP contribution in [0.2, 0.25) is 0 Å². The van der Waals surface area contributed by atoms with Crippen molar-refractivity contribution < 1.29 is 4.79 Å². The molecule has 0 saturated carbocycles. The van der Waals surface area contributed by atoms with Gasteiger partial charge >= 0.3 is 0 Å². The van der Waals surface area contributed by atoms with E-state index in [9.17, 15) is 4.79 Å². The fraction of sp³-hybridized carbons (Fsp3) is 0.923. The van der Waals surface area contributed by atoms with Crippen LogP contribution in [0.25, 0.3) is 0 Å². The zero-order valence-corrected chi connectivity index (χ0v) is 10.8. The molecule has 2 saturated heterocycles. The number of nitrogens with one attached hydrogen (secondary N) is 1. The average Bonchev–Trinajstić information content (AvgIpc) is 2.76. The van der Waals surface area contributed by atoms with E-state index in [1.807, 2.05) is 0 Å². The van der Waals surface area contributed by atoms with E-state index < -0.39 is 0 Å². The summed E-state index contributed by atoms with van der Waals surface area (Å²) < 4.78 is 0. The first-order valence-corrected chi connectivity index (χ1v) is 6.48. The lowest BCUT2D eigenvalue weighted by atomic mass is 9.80. The van der Waals surface area contributed by atoms with Gasteiger partial charge in [0.05, 0.1) is 0 Å². The smallest absolute Gasteiger partial charge is 0.222 e. The lowest BCUT2D eigenvalue weighted by Crippen LogP contribution is -2.38. The van der Waals surface area contributed by atoms with Crippen molar-refractivity contribution in [3.8, 4) is 0 Å². The van der Waals surface area contributed by atoms with Gasteiger partial charge in [0.15, 0.2) is 0 Å². The molecule has 1 amide bonds. The van der Waals surface area contributed by atoms with E-state index >= 15 is 0 Å². The standard InChI is InChI=1S/C13H24N2O/c1-13(2,3)10-7-12(16)15(8-10)9-11-5-4-6-14-11/h10-11,14H,4-9H2,1-3H3. The number of amides is 1. The molecule has 92 valence electrons. The maximum Gasteiger partial charge on any atom is 0.222 e. The Balaban J connectivity index is 1.89. The molecule has 2 aliphatic heterocycles. The molecule has 16 heavy (non-hydrogen) atoms. The van der Waals surface area contributed by atoms with E-state index in [1.165, 1.54) is 12.8 Å². The van der Waals surface area contributed by atoms with Crippen molar-refractivity contribution in [2.75, 3.05) is 19.6 Å². The largest absolute Gasteiger partial charge is 0.341 e. The molecule has 0 aliphatic carbocycles. The minimum atomic E-state index is 0.257. The van der Waals surface area contributed by atoms with Crippen LogP contribution in [-0.4, -0.2) is 36.5 Å². The highest BCUT2D eigenvalue weighted by Crippen LogP contribution is 2.34. The number of carbonyl (C=O) groups excluding carboxylic acids is 1. The Morgan fingerprint density at radius 3 is 2.69 bits per heavy atom. The first-order chi connectivity index (χ1) is 7.47. The summed E-state index contributed by atoms with van der Waals surface area (Å²) in [5, 5.41) is 3.46. The molecule has 2 atom stereocenters. The zero-order valence-electron chi connectivity index (χ0n) is 10.8. The quantitative estimate of drug-likeness (QED) is 0.773. The van der Waals surface area contributed by atoms with Gasteiger partial charge in [0.1, 0.15) is 0 Å². The summed E-state index contributed by atoms with van der Waals surface area (Å²) in [5.74, 6) is 0.884. The fourth-order valence-electron chi connectivity index (χ4n) is 2.71. The highest BCUT2D eigenvalue weighted by atomic mass is 16.2. The van der Waals surface area contributed by atoms with Gasteiger partial charge < -0.3 is 10.2 Å². The van der Waals surface area contributed by atoms with Crippen molar-refractivity contribution in [2.45, 2.75) is 46.1 Å². The third-order valence-corrected chi connectivity index (χ3v) is 4.04. The molecule has 2 rings (SSSR count). The van der Waals surface area contributed by atoms with E-state index in [4.69, 9.17) is 0 Å². The highest BCUT2D eigenvalue weighted by Gasteiger charge is 2.37. The Labute approximate surface area is 98.6 Å². The number of rotatable bonds is 2. The van der Waals surface area contributed by atoms with E-state index in [0.717, 1.165) is 26.1 Å². The summed E-state index contributed by atoms with van der Waals surface area (Å²) >= 11 is 0. The van der Waals surface area contributed by atoms with Gasteiger partial charge in [-0.05, 0) is 30.7 Å². The second-order valence-corrected chi connectivity index (χ2v) is 6.36. The van der Waals surface area contributed by atoms with Crippen LogP contribution in [-0.2, 0) is 4.79 Å². The third-order valence-electron chi connectivity index (χ3n) is 4.04. The SMILES string of the molecule is CC(C)(C)C1CC(=O)N(CC2CCCN2)C1. The first-order valence-electron chi connectivity index (χ1n) is 6.48. The number of carbonyl (C=O) groups is 1. The van der Waals surface area contributed by atoms with Gasteiger partial charge in [0.25, 0.3) is 0 Å². The molecule has 3 nitrogen and oxygen atoms in total. The monoisotopic (exact) mass is 224 g/mol. The van der Waals surface area contributed by atoms with Crippen LogP contribution in [0, 0.1) is 11.3 Å². The van der Waals surface area contributed by atoms with Gasteiger partial charge in [0.2, 0.25) is 5.91 Å². The van der Waals surface area contributed by atoms with Crippen LogP contribution >= 0.6 is 0 Å². The Morgan fingerprint density at radius 2 is 2.19 bits per heavy atom. The Hall–Kier alpha value is -0.570. The van der Waals surface area contributed by atoms with Crippen LogP contribution in [0.5, 0.6) is 0 Å². The van der Waals surface area contributed by atoms with Crippen molar-refractivity contribution in [2.24, 2.45) is 11.3 Å². The molecule has 0 aromatic heterocycles. The summed E-state index contributed by atoms with van der Waals surface area (Å²) in [6, 6.07) is 0.544. The second kappa shape index (κ2) is 4.36. The average molecular weight is 224 g/mol. The molecule has 0 spiro atoms. The van der Waals surface area contributed by atoms with Gasteiger partial charge in [-0.3, -0.25) is 4.79 Å². The number of hydrogen-bond donors (Lipinski definition) is 1. The normalized spacial score (nSPS) is 31.4. The van der Waals surface area contributed by atoms with E-state index in [2.05, 4.69) is 31.0 Å². The van der Waals surface area contributed by atoms with Gasteiger partial charge in [-0.25, -0.2) is 0 Å². The van der Waals surface area contributed by atoms with Crippen LogP contribution in [0.15, 0.2) is 0 Å². The van der Waals surface area contributed by atoms with Crippen LogP contribution in [0.4, 0.5) is 0 Å². The number of hydrogen-bond acceptors (Lipinski definition) is 2. The third kappa shape index (κ3) is 2.57. The highest BCUT2D eigenvalue weighted by molar-refractivity contribution is 5.78. The molecule has 2 heterocycles. The Bertz CT molecular complexity index is 264. The summed E-state index contributed by atoms with van der Waals surface area (Å²) in [6.45, 7) is 9.72. The van der Waals surface area contributed by atoms with E-state index in [0.29, 0.717) is 17.9 Å². The van der Waals surface area contributed by atoms with Crippen molar-refractivity contribution in [1.82, 2.24) is 10.2 Å². The molecular weight excluding hydrogens is 200 g/mol. The van der Waals surface area contributed by atoms with Crippen molar-refractivity contribution in [3.05, 3.63) is 0 Å². The van der Waals surface area contributed by atoms with Crippen molar-refractivity contribution in [1.29, 1.82) is 0 Å². The van der Waals surface area contributed by atoms with Gasteiger partial charge in [-0.15, -0.1) is 0 Å². The van der Waals surface area contributed by atoms with Gasteiger partial charge in [-0.2, -0.15) is 0 Å². The molecule has 1 N–H and O–H groups in total. The fourth-order valence-corrected chi connectivity index (χ4v) is 2.71. The second-order valence-electron chi connectivity index (χ2n) is 6.36. The molecule has 0 aromatic rings. The van der Waals surface area contributed by atoms with Crippen LogP contribution in [0.1, 0.15) is 40.0 Å². The summed E-state index contributed by atoms with van der Waals surface area (Å²) in [6.07, 6.45) is 3.23. The summed E-state index contributed by atoms with van der Waals surface area (Å²) in [7, 11) is 0. The number of nitrogens with zero attached hydrogens (tertiary/aromatic N) is 1. The molecular formula is C13H24N2O. The zero-order chi connectivity index (χ0) is 11.8. The molecule has 0 radical (unpaired) electrons. The molecule has 2 aliphatic rings. The first kappa shape index (κ1) is 11.9. The van der Waals surface area contributed by atoms with Crippen LogP contribution < -0.4 is 5.32 Å². The molecule has 3 heteroatoms. The number of likely N-dealkylation sites (tertiary alicyclic amines) is 1. The predicted octanol–water partition coefficient (Wildman–Crippen LogP) is 1.63. The summed E-state index contributed by atoms with van der Waals surface area (Å²) in [5.41, 5.74) is 0.257. The van der Waals surface area contributed by atoms with Gasteiger partial charge in [-0.1, -0.05) is 20.8 Å². The van der Waals surface area contributed by atoms with E-state index in [1.54, 1.807) is 0 Å². The minimum Gasteiger partial charge on any atom is -0.341 e. The Morgan fingerprint density at radius 1 is 1.44 bits per heavy atom. The molecule has 0 aromatic carbocycles. The van der Waals surface area contributed by atoms with E-state index in [-0.39, 0.29) is 5.41 Å². The molecule has 2 fully saturated rings. The Kier molecular flexibility index (Phi) is 3.24. The minimum absolute atomic E-state index is 0.257. The van der Waals surface area contributed by atoms with Gasteiger partial charge in [0, 0.05) is 25.6 Å². The van der Waals surface area contributed by atoms with Crippen molar-refractivity contribution >= 4 is 5.91 Å².